The Hall–Kier alpha value is -3.12. The Morgan fingerprint density at radius 1 is 0.903 bits per heavy atom. The van der Waals surface area contributed by atoms with Gasteiger partial charge in [-0.2, -0.15) is 0 Å². The van der Waals surface area contributed by atoms with Gasteiger partial charge in [0.05, 0.1) is 10.3 Å². The topological polar surface area (TPSA) is 56.4 Å². The number of fused-ring (bicyclic) bond motifs is 3. The Kier molecular flexibility index (Phi) is 4.82. The molecule has 1 aliphatic heterocycles. The zero-order valence-electron chi connectivity index (χ0n) is 18.0. The second-order valence-corrected chi connectivity index (χ2v) is 9.48. The van der Waals surface area contributed by atoms with E-state index in [2.05, 4.69) is 48.0 Å². The monoisotopic (exact) mass is 431 g/mol. The van der Waals surface area contributed by atoms with Crippen LogP contribution in [0.15, 0.2) is 47.3 Å². The predicted octanol–water partition coefficient (Wildman–Crippen LogP) is 4.63. The second kappa shape index (κ2) is 7.54. The molecule has 0 unspecified atom stereocenters. The number of carbonyl (C=O) groups excluding carboxylic acids is 1. The lowest BCUT2D eigenvalue weighted by molar-refractivity contribution is 0.0751. The van der Waals surface area contributed by atoms with Crippen LogP contribution in [0.25, 0.3) is 21.0 Å². The second-order valence-electron chi connectivity index (χ2n) is 8.43. The van der Waals surface area contributed by atoms with Crippen LogP contribution in [0, 0.1) is 20.8 Å². The molecule has 1 aliphatic rings. The number of nitrogens with one attached hydrogen (secondary N) is 1. The van der Waals surface area contributed by atoms with Crippen LogP contribution in [0.2, 0.25) is 0 Å². The maximum absolute atomic E-state index is 13.3. The average molecular weight is 432 g/mol. The third-order valence-corrected chi connectivity index (χ3v) is 7.28. The van der Waals surface area contributed by atoms with Gasteiger partial charge < -0.3 is 14.8 Å². The minimum atomic E-state index is -0.138. The van der Waals surface area contributed by atoms with Crippen molar-refractivity contribution in [3.05, 3.63) is 74.4 Å². The summed E-state index contributed by atoms with van der Waals surface area (Å²) in [6, 6.07) is 14.3. The highest BCUT2D eigenvalue weighted by Crippen LogP contribution is 2.31. The van der Waals surface area contributed by atoms with Crippen molar-refractivity contribution in [1.82, 2.24) is 9.88 Å². The zero-order chi connectivity index (χ0) is 21.7. The first kappa shape index (κ1) is 19.8. The Morgan fingerprint density at radius 2 is 1.61 bits per heavy atom. The summed E-state index contributed by atoms with van der Waals surface area (Å²) in [5.74, 6) is 0.0158. The van der Waals surface area contributed by atoms with Gasteiger partial charge in [-0.05, 0) is 56.2 Å². The van der Waals surface area contributed by atoms with Gasteiger partial charge in [0, 0.05) is 47.5 Å². The van der Waals surface area contributed by atoms with E-state index in [1.54, 1.807) is 6.07 Å². The van der Waals surface area contributed by atoms with E-state index in [4.69, 9.17) is 0 Å². The summed E-state index contributed by atoms with van der Waals surface area (Å²) < 4.78 is 0.889. The van der Waals surface area contributed by atoms with Gasteiger partial charge in [0.1, 0.15) is 0 Å². The Labute approximate surface area is 184 Å². The summed E-state index contributed by atoms with van der Waals surface area (Å²) in [5.41, 5.74) is 5.56. The van der Waals surface area contributed by atoms with Crippen LogP contribution >= 0.6 is 11.3 Å². The van der Waals surface area contributed by atoms with Crippen molar-refractivity contribution >= 4 is 43.9 Å². The van der Waals surface area contributed by atoms with Gasteiger partial charge in [0.25, 0.3) is 11.5 Å². The molecule has 31 heavy (non-hydrogen) atoms. The van der Waals surface area contributed by atoms with Crippen LogP contribution in [-0.4, -0.2) is 42.0 Å². The summed E-state index contributed by atoms with van der Waals surface area (Å²) in [6.07, 6.45) is 0. The molecule has 4 aromatic rings. The van der Waals surface area contributed by atoms with Crippen molar-refractivity contribution < 1.29 is 4.79 Å². The molecule has 5 rings (SSSR count). The van der Waals surface area contributed by atoms with E-state index < -0.39 is 0 Å². The van der Waals surface area contributed by atoms with Crippen LogP contribution in [0.3, 0.4) is 0 Å². The number of piperazine rings is 1. The zero-order valence-corrected chi connectivity index (χ0v) is 18.8. The number of benzene rings is 2. The molecule has 3 heterocycles. The lowest BCUT2D eigenvalue weighted by Crippen LogP contribution is -2.48. The van der Waals surface area contributed by atoms with E-state index in [0.717, 1.165) is 34.3 Å². The summed E-state index contributed by atoms with van der Waals surface area (Å²) >= 11 is 1.43. The van der Waals surface area contributed by atoms with E-state index in [-0.39, 0.29) is 11.5 Å². The molecular formula is C25H25N3O2S. The number of amides is 1. The normalized spacial score (nSPS) is 14.5. The first-order valence-corrected chi connectivity index (χ1v) is 11.4. The minimum Gasteiger partial charge on any atom is -0.368 e. The number of carbonyl (C=O) groups is 1. The maximum atomic E-state index is 13.3. The highest BCUT2D eigenvalue weighted by Gasteiger charge is 2.25. The molecule has 5 nitrogen and oxygen atoms in total. The molecule has 0 atom stereocenters. The lowest BCUT2D eigenvalue weighted by Gasteiger charge is -2.36. The van der Waals surface area contributed by atoms with Gasteiger partial charge in [-0.25, -0.2) is 0 Å². The van der Waals surface area contributed by atoms with E-state index in [9.17, 15) is 9.59 Å². The summed E-state index contributed by atoms with van der Waals surface area (Å²) in [7, 11) is 0. The number of aryl methyl sites for hydroxylation is 3. The molecule has 1 fully saturated rings. The van der Waals surface area contributed by atoms with E-state index >= 15 is 0 Å². The molecule has 0 spiro atoms. The van der Waals surface area contributed by atoms with Crippen molar-refractivity contribution in [2.75, 3.05) is 31.1 Å². The van der Waals surface area contributed by atoms with Crippen molar-refractivity contribution in [2.24, 2.45) is 0 Å². The number of rotatable bonds is 2. The van der Waals surface area contributed by atoms with Crippen molar-refractivity contribution in [2.45, 2.75) is 20.8 Å². The molecule has 0 aliphatic carbocycles. The van der Waals surface area contributed by atoms with E-state index in [1.807, 2.05) is 24.0 Å². The molecule has 1 N–H and O–H groups in total. The summed E-state index contributed by atoms with van der Waals surface area (Å²) in [5, 5.41) is 1.60. The quantitative estimate of drug-likeness (QED) is 0.503. The van der Waals surface area contributed by atoms with Crippen LogP contribution in [0.4, 0.5) is 5.69 Å². The number of anilines is 1. The number of aromatic nitrogens is 1. The fraction of sp³-hybridized carbons (Fsp3) is 0.280. The number of aromatic amines is 1. The fourth-order valence-corrected chi connectivity index (χ4v) is 5.53. The predicted molar refractivity (Wildman–Crippen MR) is 129 cm³/mol. The Morgan fingerprint density at radius 3 is 2.39 bits per heavy atom. The molecule has 158 valence electrons. The standard InChI is InChI=1S/C25H25N3O2S/c1-15-5-7-20-18(12-15)23-19(24(29)26-20)14-22(31-23)25(30)28-10-8-27(9-11-28)21-13-16(2)4-6-17(21)3/h4-7,12-14H,8-11H2,1-3H3,(H,26,29). The van der Waals surface area contributed by atoms with Gasteiger partial charge in [0.2, 0.25) is 0 Å². The molecule has 0 saturated carbocycles. The van der Waals surface area contributed by atoms with Crippen LogP contribution in [0.1, 0.15) is 26.4 Å². The number of H-pyrrole nitrogens is 1. The van der Waals surface area contributed by atoms with Crippen LogP contribution in [0.5, 0.6) is 0 Å². The van der Waals surface area contributed by atoms with Crippen molar-refractivity contribution in [3.8, 4) is 0 Å². The first-order valence-electron chi connectivity index (χ1n) is 10.6. The van der Waals surface area contributed by atoms with Crippen molar-refractivity contribution in [1.29, 1.82) is 0 Å². The molecule has 0 bridgehead atoms. The van der Waals surface area contributed by atoms with Crippen LogP contribution in [-0.2, 0) is 0 Å². The lowest BCUT2D eigenvalue weighted by atomic mass is 10.1. The van der Waals surface area contributed by atoms with Gasteiger partial charge in [-0.1, -0.05) is 23.8 Å². The maximum Gasteiger partial charge on any atom is 0.264 e. The Bertz CT molecular complexity index is 1380. The molecule has 1 saturated heterocycles. The minimum absolute atomic E-state index is 0.0158. The number of thiophene rings is 1. The molecule has 2 aromatic carbocycles. The molecule has 0 radical (unpaired) electrons. The third kappa shape index (κ3) is 3.51. The Balaban J connectivity index is 1.41. The smallest absolute Gasteiger partial charge is 0.264 e. The van der Waals surface area contributed by atoms with Crippen molar-refractivity contribution in [3.63, 3.8) is 0 Å². The molecule has 1 amide bonds. The van der Waals surface area contributed by atoms with Gasteiger partial charge in [-0.3, -0.25) is 9.59 Å². The largest absolute Gasteiger partial charge is 0.368 e. The molecule has 6 heteroatoms. The number of pyridine rings is 1. The number of hydrogen-bond acceptors (Lipinski definition) is 4. The highest BCUT2D eigenvalue weighted by atomic mass is 32.1. The fourth-order valence-electron chi connectivity index (χ4n) is 4.38. The van der Waals surface area contributed by atoms with Gasteiger partial charge in [0.15, 0.2) is 0 Å². The number of hydrogen-bond donors (Lipinski definition) is 1. The van der Waals surface area contributed by atoms with E-state index in [0.29, 0.717) is 23.4 Å². The summed E-state index contributed by atoms with van der Waals surface area (Å²) in [4.78, 5) is 33.7. The third-order valence-electron chi connectivity index (χ3n) is 6.13. The molecule has 2 aromatic heterocycles. The average Bonchev–Trinajstić information content (AvgIpc) is 3.22. The summed E-state index contributed by atoms with van der Waals surface area (Å²) in [6.45, 7) is 9.25. The molecular weight excluding hydrogens is 406 g/mol. The van der Waals surface area contributed by atoms with Crippen LogP contribution < -0.4 is 10.5 Å². The highest BCUT2D eigenvalue weighted by molar-refractivity contribution is 7.21. The number of nitrogens with zero attached hydrogens (tertiary/aromatic N) is 2. The van der Waals surface area contributed by atoms with Gasteiger partial charge in [-0.15, -0.1) is 11.3 Å². The van der Waals surface area contributed by atoms with E-state index in [1.165, 1.54) is 28.2 Å². The SMILES string of the molecule is Cc1ccc(C)c(N2CCN(C(=O)c3cc4c(=O)[nH]c5ccc(C)cc5c4s3)CC2)c1. The first-order chi connectivity index (χ1) is 14.9. The van der Waals surface area contributed by atoms with Gasteiger partial charge >= 0.3 is 0 Å².